The van der Waals surface area contributed by atoms with Gasteiger partial charge in [0, 0.05) is 23.6 Å². The third kappa shape index (κ3) is 3.23. The van der Waals surface area contributed by atoms with Crippen molar-refractivity contribution in [1.29, 1.82) is 0 Å². The molecule has 0 bridgehead atoms. The lowest BCUT2D eigenvalue weighted by molar-refractivity contribution is 0.0552. The summed E-state index contributed by atoms with van der Waals surface area (Å²) >= 11 is 6.25. The first-order chi connectivity index (χ1) is 16.5. The molecule has 8 nitrogen and oxygen atoms in total. The smallest absolute Gasteiger partial charge is 0.294 e. The van der Waals surface area contributed by atoms with Crippen LogP contribution in [0.1, 0.15) is 59.8 Å². The maximum atomic E-state index is 13.9. The Balaban J connectivity index is 1.46. The average molecular weight is 480 g/mol. The number of aromatic amines is 1. The molecule has 1 N–H and O–H groups in total. The third-order valence-electron chi connectivity index (χ3n) is 7.51. The van der Waals surface area contributed by atoms with Crippen LogP contribution in [0.5, 0.6) is 0 Å². The van der Waals surface area contributed by atoms with E-state index < -0.39 is 0 Å². The molecular weight excluding hydrogens is 454 g/mol. The zero-order chi connectivity index (χ0) is 23.6. The molecule has 3 aliphatic rings. The number of aromatic nitrogens is 4. The van der Waals surface area contributed by atoms with Crippen LogP contribution in [0.3, 0.4) is 0 Å². The van der Waals surface area contributed by atoms with Crippen LogP contribution in [-0.2, 0) is 4.74 Å². The van der Waals surface area contributed by atoms with Gasteiger partial charge in [0.15, 0.2) is 0 Å². The molecule has 2 aromatic heterocycles. The second kappa shape index (κ2) is 8.06. The first-order valence-corrected chi connectivity index (χ1v) is 12.1. The Morgan fingerprint density at radius 2 is 2.12 bits per heavy atom. The summed E-state index contributed by atoms with van der Waals surface area (Å²) in [5, 5.41) is 9.22. The number of methoxy groups -OCH3 is 1. The number of carbonyl (C=O) groups is 1. The average Bonchev–Trinajstić information content (AvgIpc) is 3.34. The molecule has 3 aromatic rings. The van der Waals surface area contributed by atoms with Gasteiger partial charge in [0.2, 0.25) is 5.65 Å². The topological polar surface area (TPSA) is 92.6 Å². The van der Waals surface area contributed by atoms with Crippen molar-refractivity contribution >= 4 is 34.2 Å². The largest absolute Gasteiger partial charge is 0.383 e. The molecule has 2 fully saturated rings. The number of carbonyl (C=O) groups excluding carboxylic acids is 1. The highest BCUT2D eigenvalue weighted by Gasteiger charge is 2.41. The fourth-order valence-corrected chi connectivity index (χ4v) is 5.83. The quantitative estimate of drug-likeness (QED) is 0.614. The molecule has 0 spiro atoms. The summed E-state index contributed by atoms with van der Waals surface area (Å²) in [5.41, 5.74) is 4.00. The molecule has 34 heavy (non-hydrogen) atoms. The maximum Gasteiger partial charge on any atom is 0.294 e. The van der Waals surface area contributed by atoms with Crippen LogP contribution < -0.4 is 5.56 Å². The number of H-pyrrole nitrogens is 1. The summed E-state index contributed by atoms with van der Waals surface area (Å²) in [6.45, 7) is 2.39. The second-order valence-electron chi connectivity index (χ2n) is 9.57. The second-order valence-corrected chi connectivity index (χ2v) is 10.0. The van der Waals surface area contributed by atoms with Crippen LogP contribution in [0.25, 0.3) is 16.7 Å². The molecule has 2 unspecified atom stereocenters. The molecule has 1 saturated carbocycles. The Kier molecular flexibility index (Phi) is 5.11. The van der Waals surface area contributed by atoms with Gasteiger partial charge < -0.3 is 14.6 Å². The molecule has 2 atom stereocenters. The number of amides is 1. The van der Waals surface area contributed by atoms with Gasteiger partial charge in [-0.3, -0.25) is 14.0 Å². The van der Waals surface area contributed by atoms with Crippen molar-refractivity contribution in [1.82, 2.24) is 24.5 Å². The molecule has 6 rings (SSSR count). The van der Waals surface area contributed by atoms with E-state index >= 15 is 0 Å². The number of aryl methyl sites for hydroxylation is 1. The summed E-state index contributed by atoms with van der Waals surface area (Å²) in [6, 6.07) is 3.67. The van der Waals surface area contributed by atoms with Crippen molar-refractivity contribution in [3.8, 4) is 0 Å². The normalized spacial score (nSPS) is 22.6. The molecule has 9 heteroatoms. The number of fused-ring (bicyclic) bond motifs is 4. The van der Waals surface area contributed by atoms with Crippen molar-refractivity contribution in [2.75, 3.05) is 13.7 Å². The Bertz CT molecular complexity index is 1450. The zero-order valence-electron chi connectivity index (χ0n) is 19.2. The van der Waals surface area contributed by atoms with Gasteiger partial charge in [-0.05, 0) is 62.0 Å². The zero-order valence-corrected chi connectivity index (χ0v) is 19.9. The maximum absolute atomic E-state index is 13.9. The number of hydrogen-bond acceptors (Lipinski definition) is 5. The monoisotopic (exact) mass is 479 g/mol. The van der Waals surface area contributed by atoms with Gasteiger partial charge in [-0.1, -0.05) is 24.1 Å². The van der Waals surface area contributed by atoms with Crippen LogP contribution in [0.15, 0.2) is 39.7 Å². The van der Waals surface area contributed by atoms with Crippen molar-refractivity contribution < 1.29 is 9.53 Å². The molecule has 1 aromatic carbocycles. The highest BCUT2D eigenvalue weighted by molar-refractivity contribution is 6.31. The summed E-state index contributed by atoms with van der Waals surface area (Å²) in [5.74, 6) is 1.08. The minimum absolute atomic E-state index is 0.0326. The standard InChI is InChI=1S/C25H26ClN5O3/c1-13-8-21-19(27-24(32)23-29-28-22(31(21)23)14-4-3-5-14)11-18(13)25(33)30-17(12-34-2)10-15-9-16(26)6-7-20(15)30/h6,8-9,11,14,17,20H,3-5,7,10,12H2,1-2H3,(H,27,32). The van der Waals surface area contributed by atoms with Gasteiger partial charge in [-0.25, -0.2) is 0 Å². The summed E-state index contributed by atoms with van der Waals surface area (Å²) < 4.78 is 7.32. The van der Waals surface area contributed by atoms with E-state index in [-0.39, 0.29) is 23.6 Å². The summed E-state index contributed by atoms with van der Waals surface area (Å²) in [6.07, 6.45) is 8.62. The number of nitrogens with zero attached hydrogens (tertiary/aromatic N) is 4. The molecular formula is C25H26ClN5O3. The van der Waals surface area contributed by atoms with E-state index in [0.717, 1.165) is 53.2 Å². The summed E-state index contributed by atoms with van der Waals surface area (Å²) in [4.78, 5) is 31.6. The van der Waals surface area contributed by atoms with Gasteiger partial charge in [-0.2, -0.15) is 0 Å². The fraction of sp³-hybridized carbons (Fsp3) is 0.440. The van der Waals surface area contributed by atoms with Crippen LogP contribution in [0, 0.1) is 6.92 Å². The lowest BCUT2D eigenvalue weighted by Crippen LogP contribution is -2.43. The number of hydrogen-bond donors (Lipinski definition) is 1. The number of ether oxygens (including phenoxy) is 1. The fourth-order valence-electron chi connectivity index (χ4n) is 5.60. The van der Waals surface area contributed by atoms with Crippen molar-refractivity contribution in [3.63, 3.8) is 0 Å². The molecule has 176 valence electrons. The number of rotatable bonds is 4. The lowest BCUT2D eigenvalue weighted by Gasteiger charge is -2.31. The van der Waals surface area contributed by atoms with E-state index in [2.05, 4.69) is 15.2 Å². The van der Waals surface area contributed by atoms with E-state index in [0.29, 0.717) is 35.7 Å². The Morgan fingerprint density at radius 1 is 1.29 bits per heavy atom. The van der Waals surface area contributed by atoms with Crippen LogP contribution >= 0.6 is 11.6 Å². The number of halogens is 1. The van der Waals surface area contributed by atoms with Crippen molar-refractivity contribution in [3.05, 3.63) is 62.2 Å². The first-order valence-electron chi connectivity index (χ1n) is 11.8. The number of benzene rings is 1. The van der Waals surface area contributed by atoms with Gasteiger partial charge in [0.1, 0.15) is 5.82 Å². The lowest BCUT2D eigenvalue weighted by atomic mass is 9.85. The molecule has 1 aliphatic heterocycles. The van der Waals surface area contributed by atoms with Crippen LogP contribution in [-0.4, -0.2) is 56.2 Å². The predicted molar refractivity (Wildman–Crippen MR) is 129 cm³/mol. The molecule has 0 radical (unpaired) electrons. The van der Waals surface area contributed by atoms with E-state index in [4.69, 9.17) is 16.3 Å². The Labute approximate surface area is 201 Å². The molecule has 1 amide bonds. The van der Waals surface area contributed by atoms with Crippen LogP contribution in [0.4, 0.5) is 0 Å². The molecule has 2 aliphatic carbocycles. The van der Waals surface area contributed by atoms with Crippen LogP contribution in [0.2, 0.25) is 0 Å². The van der Waals surface area contributed by atoms with Crippen molar-refractivity contribution in [2.45, 2.75) is 57.0 Å². The van der Waals surface area contributed by atoms with E-state index in [1.807, 2.05) is 34.4 Å². The predicted octanol–water partition coefficient (Wildman–Crippen LogP) is 3.83. The molecule has 1 saturated heterocycles. The van der Waals surface area contributed by atoms with Gasteiger partial charge in [0.25, 0.3) is 11.5 Å². The third-order valence-corrected chi connectivity index (χ3v) is 7.77. The highest BCUT2D eigenvalue weighted by Crippen LogP contribution is 2.39. The number of allylic oxidation sites excluding steroid dienone is 2. The first kappa shape index (κ1) is 21.6. The van der Waals surface area contributed by atoms with E-state index in [1.54, 1.807) is 13.2 Å². The van der Waals surface area contributed by atoms with E-state index in [9.17, 15) is 9.59 Å². The Hall–Kier alpha value is -2.97. The SMILES string of the molecule is COCC1CC2=CC(Cl)=CCC2N1C(=O)c1cc2[nH]c(=O)c3nnc(C4CCC4)n3c2cc1C. The van der Waals surface area contributed by atoms with Gasteiger partial charge in [-0.15, -0.1) is 10.2 Å². The highest BCUT2D eigenvalue weighted by atomic mass is 35.5. The minimum atomic E-state index is -0.302. The number of likely N-dealkylation sites (tertiary alicyclic amines) is 1. The minimum Gasteiger partial charge on any atom is -0.383 e. The van der Waals surface area contributed by atoms with Gasteiger partial charge >= 0.3 is 0 Å². The Morgan fingerprint density at radius 3 is 2.85 bits per heavy atom. The van der Waals surface area contributed by atoms with Crippen molar-refractivity contribution in [2.24, 2.45) is 0 Å². The van der Waals surface area contributed by atoms with E-state index in [1.165, 1.54) is 0 Å². The molecule has 3 heterocycles. The summed E-state index contributed by atoms with van der Waals surface area (Å²) in [7, 11) is 1.65. The van der Waals surface area contributed by atoms with Gasteiger partial charge in [0.05, 0.1) is 29.7 Å². The number of nitrogens with one attached hydrogen (secondary N) is 1.